The molecule has 0 N–H and O–H groups in total. The van der Waals surface area contributed by atoms with Gasteiger partial charge in [0.25, 0.3) is 0 Å². The molecule has 2 nitrogen and oxygen atoms in total. The highest BCUT2D eigenvalue weighted by molar-refractivity contribution is 6.10. The van der Waals surface area contributed by atoms with Crippen molar-refractivity contribution >= 4 is 38.8 Å². The molecule has 0 unspecified atom stereocenters. The molecule has 1 aliphatic carbocycles. The van der Waals surface area contributed by atoms with Crippen molar-refractivity contribution < 1.29 is 0 Å². The molecule has 8 rings (SSSR count). The molecular weight excluding hydrogens is 629 g/mol. The third-order valence-corrected chi connectivity index (χ3v) is 10.9. The molecule has 2 heteroatoms. The van der Waals surface area contributed by atoms with Crippen molar-refractivity contribution in [3.05, 3.63) is 192 Å². The molecule has 52 heavy (non-hydrogen) atoms. The van der Waals surface area contributed by atoms with Crippen LogP contribution in [0.3, 0.4) is 0 Å². The SMILES string of the molecule is C=C(/C=C\C(=C/C)N(c1cccc(C(C)(C)C)c1)c1ccc2c3ccccc3n(-c3ccccc3)c2c1)c1ccc2c(c1)C(C)(C)c1ccccc1-2. The van der Waals surface area contributed by atoms with Gasteiger partial charge in [0.1, 0.15) is 0 Å². The van der Waals surface area contributed by atoms with Crippen molar-refractivity contribution in [3.8, 4) is 16.8 Å². The lowest BCUT2D eigenvalue weighted by Crippen LogP contribution is -2.17. The van der Waals surface area contributed by atoms with Crippen LogP contribution in [0.1, 0.15) is 63.8 Å². The summed E-state index contributed by atoms with van der Waals surface area (Å²) in [6.45, 7) is 18.2. The van der Waals surface area contributed by atoms with Crippen LogP contribution in [0.2, 0.25) is 0 Å². The molecule has 0 amide bonds. The third-order valence-electron chi connectivity index (χ3n) is 10.9. The fourth-order valence-corrected chi connectivity index (χ4v) is 8.00. The lowest BCUT2D eigenvalue weighted by molar-refractivity contribution is 0.590. The highest BCUT2D eigenvalue weighted by atomic mass is 15.1. The number of fused-ring (bicyclic) bond motifs is 6. The number of anilines is 2. The second-order valence-electron chi connectivity index (χ2n) is 15.5. The fourth-order valence-electron chi connectivity index (χ4n) is 8.00. The maximum atomic E-state index is 4.58. The van der Waals surface area contributed by atoms with Crippen LogP contribution in [-0.2, 0) is 10.8 Å². The van der Waals surface area contributed by atoms with Crippen molar-refractivity contribution in [1.29, 1.82) is 0 Å². The summed E-state index contributed by atoms with van der Waals surface area (Å²) >= 11 is 0. The van der Waals surface area contributed by atoms with E-state index in [2.05, 4.69) is 215 Å². The van der Waals surface area contributed by atoms with Crippen LogP contribution in [0.5, 0.6) is 0 Å². The molecule has 1 heterocycles. The van der Waals surface area contributed by atoms with Gasteiger partial charge in [0.2, 0.25) is 0 Å². The largest absolute Gasteiger partial charge is 0.311 e. The van der Waals surface area contributed by atoms with Crippen molar-refractivity contribution in [2.45, 2.75) is 52.4 Å². The van der Waals surface area contributed by atoms with Crippen LogP contribution < -0.4 is 4.90 Å². The number of hydrogen-bond donors (Lipinski definition) is 0. The number of benzene rings is 6. The van der Waals surface area contributed by atoms with Crippen LogP contribution in [0.25, 0.3) is 44.2 Å². The minimum atomic E-state index is -0.0594. The van der Waals surface area contributed by atoms with E-state index in [-0.39, 0.29) is 10.8 Å². The van der Waals surface area contributed by atoms with E-state index in [9.17, 15) is 0 Å². The summed E-state index contributed by atoms with van der Waals surface area (Å²) in [6, 6.07) is 50.9. The van der Waals surface area contributed by atoms with Gasteiger partial charge in [-0.2, -0.15) is 0 Å². The lowest BCUT2D eigenvalue weighted by atomic mass is 9.81. The van der Waals surface area contributed by atoms with Crippen LogP contribution in [0, 0.1) is 0 Å². The van der Waals surface area contributed by atoms with Gasteiger partial charge in [0.15, 0.2) is 0 Å². The summed E-state index contributed by atoms with van der Waals surface area (Å²) in [5.74, 6) is 0. The number of rotatable bonds is 7. The Morgan fingerprint density at radius 3 is 2.12 bits per heavy atom. The number of nitrogens with zero attached hydrogens (tertiary/aromatic N) is 2. The van der Waals surface area contributed by atoms with Crippen molar-refractivity contribution in [1.82, 2.24) is 4.57 Å². The second-order valence-corrected chi connectivity index (χ2v) is 15.5. The van der Waals surface area contributed by atoms with Crippen LogP contribution >= 0.6 is 0 Å². The first-order valence-corrected chi connectivity index (χ1v) is 18.3. The predicted molar refractivity (Wildman–Crippen MR) is 224 cm³/mol. The molecule has 0 radical (unpaired) electrons. The summed E-state index contributed by atoms with van der Waals surface area (Å²) in [4.78, 5) is 2.38. The van der Waals surface area contributed by atoms with Gasteiger partial charge in [0.05, 0.1) is 11.0 Å². The number of hydrogen-bond acceptors (Lipinski definition) is 1. The minimum Gasteiger partial charge on any atom is -0.311 e. The Kier molecular flexibility index (Phi) is 8.15. The van der Waals surface area contributed by atoms with Crippen LogP contribution in [0.15, 0.2) is 170 Å². The molecule has 1 aromatic heterocycles. The number of allylic oxidation sites excluding steroid dienone is 4. The molecule has 0 atom stereocenters. The van der Waals surface area contributed by atoms with Gasteiger partial charge < -0.3 is 9.47 Å². The first-order valence-electron chi connectivity index (χ1n) is 18.3. The zero-order chi connectivity index (χ0) is 36.2. The van der Waals surface area contributed by atoms with E-state index in [0.717, 1.165) is 33.9 Å². The van der Waals surface area contributed by atoms with Gasteiger partial charge in [-0.15, -0.1) is 0 Å². The standard InChI is InChI=1S/C50H46N2/c1-8-37(27-25-34(2)35-26-29-42-41-21-12-14-23-45(41)50(6,7)46(42)31-35)51(39-20-16-17-36(32-39)49(3,4)5)40-28-30-44-43-22-13-15-24-47(43)52(48(44)33-40)38-18-10-9-11-19-38/h8-33H,2H2,1,3-7H3/b27-25-,37-8+. The second kappa shape index (κ2) is 12.7. The zero-order valence-electron chi connectivity index (χ0n) is 31.1. The minimum absolute atomic E-state index is 0.00654. The zero-order valence-corrected chi connectivity index (χ0v) is 31.1. The van der Waals surface area contributed by atoms with E-state index in [1.807, 2.05) is 0 Å². The predicted octanol–water partition coefficient (Wildman–Crippen LogP) is 13.7. The summed E-state index contributed by atoms with van der Waals surface area (Å²) in [7, 11) is 0. The Labute approximate surface area is 308 Å². The lowest BCUT2D eigenvalue weighted by Gasteiger charge is -2.29. The Balaban J connectivity index is 1.24. The first kappa shape index (κ1) is 33.3. The Morgan fingerprint density at radius 2 is 1.33 bits per heavy atom. The molecule has 0 aliphatic heterocycles. The fraction of sp³-hybridized carbons (Fsp3) is 0.160. The first-order chi connectivity index (χ1) is 25.1. The molecule has 0 bridgehead atoms. The van der Waals surface area contributed by atoms with Gasteiger partial charge in [-0.25, -0.2) is 0 Å². The van der Waals surface area contributed by atoms with Gasteiger partial charge >= 0.3 is 0 Å². The maximum absolute atomic E-state index is 4.58. The van der Waals surface area contributed by atoms with Crippen molar-refractivity contribution in [3.63, 3.8) is 0 Å². The van der Waals surface area contributed by atoms with Gasteiger partial charge in [0, 0.05) is 38.9 Å². The summed E-state index contributed by atoms with van der Waals surface area (Å²) in [5, 5.41) is 2.48. The van der Waals surface area contributed by atoms with E-state index in [1.54, 1.807) is 0 Å². The maximum Gasteiger partial charge on any atom is 0.0561 e. The van der Waals surface area contributed by atoms with Gasteiger partial charge in [-0.1, -0.05) is 144 Å². The molecule has 6 aromatic carbocycles. The molecule has 0 spiro atoms. The Bertz CT molecular complexity index is 2550. The quantitative estimate of drug-likeness (QED) is 0.153. The number of para-hydroxylation sites is 2. The van der Waals surface area contributed by atoms with E-state index < -0.39 is 0 Å². The Morgan fingerprint density at radius 1 is 0.635 bits per heavy atom. The smallest absolute Gasteiger partial charge is 0.0561 e. The Hall–Kier alpha value is -5.86. The molecular formula is C50H46N2. The third kappa shape index (κ3) is 5.60. The van der Waals surface area contributed by atoms with Gasteiger partial charge in [-0.05, 0) is 106 Å². The average Bonchev–Trinajstić information content (AvgIpc) is 3.61. The number of aromatic nitrogens is 1. The summed E-state index contributed by atoms with van der Waals surface area (Å²) in [6.07, 6.45) is 6.59. The van der Waals surface area contributed by atoms with E-state index >= 15 is 0 Å². The summed E-state index contributed by atoms with van der Waals surface area (Å²) < 4.78 is 2.39. The monoisotopic (exact) mass is 674 g/mol. The average molecular weight is 675 g/mol. The van der Waals surface area contributed by atoms with E-state index in [1.165, 1.54) is 49.6 Å². The highest BCUT2D eigenvalue weighted by Crippen LogP contribution is 2.49. The highest BCUT2D eigenvalue weighted by Gasteiger charge is 2.35. The van der Waals surface area contributed by atoms with Gasteiger partial charge in [-0.3, -0.25) is 0 Å². The van der Waals surface area contributed by atoms with Crippen molar-refractivity contribution in [2.75, 3.05) is 4.90 Å². The van der Waals surface area contributed by atoms with Crippen LogP contribution in [-0.4, -0.2) is 4.57 Å². The van der Waals surface area contributed by atoms with Crippen molar-refractivity contribution in [2.24, 2.45) is 0 Å². The van der Waals surface area contributed by atoms with Crippen LogP contribution in [0.4, 0.5) is 11.4 Å². The topological polar surface area (TPSA) is 8.17 Å². The van der Waals surface area contributed by atoms with E-state index in [4.69, 9.17) is 0 Å². The molecule has 0 fully saturated rings. The molecule has 0 saturated carbocycles. The molecule has 0 saturated heterocycles. The normalized spacial score (nSPS) is 13.8. The molecule has 7 aromatic rings. The van der Waals surface area contributed by atoms with E-state index in [0.29, 0.717) is 0 Å². The summed E-state index contributed by atoms with van der Waals surface area (Å²) in [5.41, 5.74) is 15.6. The molecule has 1 aliphatic rings. The molecule has 256 valence electrons.